The zero-order chi connectivity index (χ0) is 16.0. The van der Waals surface area contributed by atoms with Crippen molar-refractivity contribution in [3.63, 3.8) is 0 Å². The van der Waals surface area contributed by atoms with Crippen LogP contribution in [0.4, 0.5) is 4.39 Å². The number of carbonyl (C=O) groups is 1. The Morgan fingerprint density at radius 3 is 2.19 bits per heavy atom. The average molecular weight is 298 g/mol. The zero-order valence-corrected chi connectivity index (χ0v) is 13.0. The molecular formula is C15H23FN2O3. The third-order valence-corrected chi connectivity index (χ3v) is 3.84. The molecule has 5 nitrogen and oxygen atoms in total. The van der Waals surface area contributed by atoms with Gasteiger partial charge in [-0.05, 0) is 18.9 Å². The number of hydrogen-bond acceptors (Lipinski definition) is 4. The lowest BCUT2D eigenvalue weighted by molar-refractivity contribution is 0.0890. The number of hydrogen-bond donors (Lipinski definition) is 2. The van der Waals surface area contributed by atoms with Gasteiger partial charge in [-0.15, -0.1) is 0 Å². The van der Waals surface area contributed by atoms with Crippen molar-refractivity contribution in [1.82, 2.24) is 5.32 Å². The van der Waals surface area contributed by atoms with E-state index >= 15 is 0 Å². The summed E-state index contributed by atoms with van der Waals surface area (Å²) in [5, 5.41) is 2.83. The molecule has 0 fully saturated rings. The molecule has 0 aliphatic rings. The van der Waals surface area contributed by atoms with Crippen molar-refractivity contribution in [3.05, 3.63) is 23.5 Å². The molecule has 1 amide bonds. The van der Waals surface area contributed by atoms with Crippen molar-refractivity contribution in [3.8, 4) is 11.5 Å². The lowest BCUT2D eigenvalue weighted by atomic mass is 9.92. The Hall–Kier alpha value is -1.82. The summed E-state index contributed by atoms with van der Waals surface area (Å²) in [5.41, 5.74) is 5.12. The number of carbonyl (C=O) groups excluding carboxylic acids is 1. The molecular weight excluding hydrogens is 275 g/mol. The summed E-state index contributed by atoms with van der Waals surface area (Å²) in [5.74, 6) is -0.635. The smallest absolute Gasteiger partial charge is 0.254 e. The summed E-state index contributed by atoms with van der Waals surface area (Å²) in [4.78, 5) is 12.3. The highest BCUT2D eigenvalue weighted by Crippen LogP contribution is 2.30. The molecule has 6 heteroatoms. The minimum absolute atomic E-state index is 0.0904. The first-order valence-electron chi connectivity index (χ1n) is 6.91. The molecule has 0 aliphatic heterocycles. The number of halogens is 1. The van der Waals surface area contributed by atoms with E-state index in [-0.39, 0.29) is 11.3 Å². The van der Waals surface area contributed by atoms with Gasteiger partial charge in [0.25, 0.3) is 5.91 Å². The van der Waals surface area contributed by atoms with Crippen LogP contribution in [0, 0.1) is 5.82 Å². The van der Waals surface area contributed by atoms with Gasteiger partial charge in [-0.25, -0.2) is 4.39 Å². The fraction of sp³-hybridized carbons (Fsp3) is 0.533. The molecule has 0 saturated heterocycles. The Bertz CT molecular complexity index is 494. The van der Waals surface area contributed by atoms with Crippen LogP contribution in [-0.4, -0.2) is 32.2 Å². The van der Waals surface area contributed by atoms with Crippen molar-refractivity contribution < 1.29 is 18.7 Å². The van der Waals surface area contributed by atoms with Gasteiger partial charge in [0.1, 0.15) is 5.82 Å². The van der Waals surface area contributed by atoms with E-state index in [1.165, 1.54) is 20.3 Å². The second-order valence-electron chi connectivity index (χ2n) is 4.83. The number of nitrogens with two attached hydrogens (primary N) is 1. The highest BCUT2D eigenvalue weighted by Gasteiger charge is 2.28. The molecule has 0 heterocycles. The Kier molecular flexibility index (Phi) is 5.96. The van der Waals surface area contributed by atoms with Crippen LogP contribution in [0.15, 0.2) is 12.1 Å². The van der Waals surface area contributed by atoms with E-state index in [2.05, 4.69) is 5.32 Å². The maximum Gasteiger partial charge on any atom is 0.254 e. The second kappa shape index (κ2) is 7.26. The van der Waals surface area contributed by atoms with Crippen LogP contribution in [-0.2, 0) is 0 Å². The highest BCUT2D eigenvalue weighted by molar-refractivity contribution is 5.95. The third kappa shape index (κ3) is 3.64. The largest absolute Gasteiger partial charge is 0.493 e. The van der Waals surface area contributed by atoms with Crippen LogP contribution in [0.1, 0.15) is 37.0 Å². The number of amides is 1. The van der Waals surface area contributed by atoms with Gasteiger partial charge in [0.2, 0.25) is 0 Å². The monoisotopic (exact) mass is 298 g/mol. The summed E-state index contributed by atoms with van der Waals surface area (Å²) in [6.07, 6.45) is 1.33. The molecule has 0 atom stereocenters. The number of ether oxygens (including phenoxy) is 2. The van der Waals surface area contributed by atoms with Crippen LogP contribution in [0.5, 0.6) is 11.5 Å². The molecule has 1 rings (SSSR count). The van der Waals surface area contributed by atoms with Crippen LogP contribution < -0.4 is 20.5 Å². The first-order chi connectivity index (χ1) is 9.96. The number of nitrogens with one attached hydrogen (secondary N) is 1. The summed E-state index contributed by atoms with van der Waals surface area (Å²) in [7, 11) is 2.84. The molecule has 0 saturated carbocycles. The molecule has 118 valence electrons. The summed E-state index contributed by atoms with van der Waals surface area (Å²) < 4.78 is 24.2. The number of rotatable bonds is 7. The molecule has 21 heavy (non-hydrogen) atoms. The van der Waals surface area contributed by atoms with Crippen LogP contribution in [0.3, 0.4) is 0 Å². The fourth-order valence-corrected chi connectivity index (χ4v) is 2.10. The molecule has 0 aliphatic carbocycles. The average Bonchev–Trinajstić information content (AvgIpc) is 2.52. The lowest BCUT2D eigenvalue weighted by Crippen LogP contribution is -2.53. The minimum Gasteiger partial charge on any atom is -0.493 e. The molecule has 0 aromatic heterocycles. The minimum atomic E-state index is -0.664. The predicted octanol–water partition coefficient (Wildman–Crippen LogP) is 2.09. The summed E-state index contributed by atoms with van der Waals surface area (Å²) >= 11 is 0. The fourth-order valence-electron chi connectivity index (χ4n) is 2.10. The van der Waals surface area contributed by atoms with Gasteiger partial charge in [-0.1, -0.05) is 13.8 Å². The lowest BCUT2D eigenvalue weighted by Gasteiger charge is -2.31. The van der Waals surface area contributed by atoms with E-state index in [9.17, 15) is 9.18 Å². The Morgan fingerprint density at radius 2 is 1.76 bits per heavy atom. The predicted molar refractivity (Wildman–Crippen MR) is 79.3 cm³/mol. The van der Waals surface area contributed by atoms with Crippen molar-refractivity contribution in [2.75, 3.05) is 20.8 Å². The topological polar surface area (TPSA) is 73.6 Å². The molecule has 0 radical (unpaired) electrons. The first-order valence-corrected chi connectivity index (χ1v) is 6.91. The van der Waals surface area contributed by atoms with E-state index in [0.29, 0.717) is 25.1 Å². The van der Waals surface area contributed by atoms with Gasteiger partial charge in [0, 0.05) is 12.6 Å². The Labute approximate surface area is 124 Å². The molecule has 0 spiro atoms. The van der Waals surface area contributed by atoms with Gasteiger partial charge in [-0.3, -0.25) is 4.79 Å². The van der Waals surface area contributed by atoms with E-state index < -0.39 is 17.3 Å². The molecule has 1 aromatic rings. The highest BCUT2D eigenvalue weighted by atomic mass is 19.1. The van der Waals surface area contributed by atoms with Crippen molar-refractivity contribution in [2.24, 2.45) is 5.73 Å². The van der Waals surface area contributed by atoms with Crippen LogP contribution in [0.25, 0.3) is 0 Å². The van der Waals surface area contributed by atoms with Crippen LogP contribution in [0.2, 0.25) is 0 Å². The normalized spacial score (nSPS) is 11.1. The second-order valence-corrected chi connectivity index (χ2v) is 4.83. The summed E-state index contributed by atoms with van der Waals surface area (Å²) in [6, 6.07) is 2.46. The van der Waals surface area contributed by atoms with Gasteiger partial charge in [-0.2, -0.15) is 0 Å². The van der Waals surface area contributed by atoms with Crippen LogP contribution >= 0.6 is 0 Å². The van der Waals surface area contributed by atoms with E-state index in [4.69, 9.17) is 15.2 Å². The molecule has 0 unspecified atom stereocenters. The van der Waals surface area contributed by atoms with Crippen molar-refractivity contribution in [2.45, 2.75) is 32.2 Å². The van der Waals surface area contributed by atoms with E-state index in [0.717, 1.165) is 6.07 Å². The molecule has 0 bridgehead atoms. The molecule has 3 N–H and O–H groups in total. The maximum absolute atomic E-state index is 14.1. The third-order valence-electron chi connectivity index (χ3n) is 3.84. The van der Waals surface area contributed by atoms with Crippen molar-refractivity contribution in [1.29, 1.82) is 0 Å². The maximum atomic E-state index is 14.1. The van der Waals surface area contributed by atoms with E-state index in [1.54, 1.807) is 0 Å². The SMILES string of the molecule is CCC(CC)(CN)NC(=O)c1cc(OC)c(OC)cc1F. The zero-order valence-electron chi connectivity index (χ0n) is 13.0. The van der Waals surface area contributed by atoms with Gasteiger partial charge in [0.15, 0.2) is 11.5 Å². The van der Waals surface area contributed by atoms with Crippen molar-refractivity contribution >= 4 is 5.91 Å². The molecule has 1 aromatic carbocycles. The summed E-state index contributed by atoms with van der Waals surface area (Å²) in [6.45, 7) is 4.16. The number of methoxy groups -OCH3 is 2. The van der Waals surface area contributed by atoms with Gasteiger partial charge < -0.3 is 20.5 Å². The van der Waals surface area contributed by atoms with E-state index in [1.807, 2.05) is 13.8 Å². The number of benzene rings is 1. The van der Waals surface area contributed by atoms with Gasteiger partial charge >= 0.3 is 0 Å². The Balaban J connectivity index is 3.13. The standard InChI is InChI=1S/C15H23FN2O3/c1-5-15(6-2,9-17)18-14(19)10-7-12(20-3)13(21-4)8-11(10)16/h7-8H,5-6,9,17H2,1-4H3,(H,18,19). The van der Waals surface area contributed by atoms with Gasteiger partial charge in [0.05, 0.1) is 25.3 Å². The first kappa shape index (κ1) is 17.2. The quantitative estimate of drug-likeness (QED) is 0.808. The Morgan fingerprint density at radius 1 is 1.24 bits per heavy atom.